The molecule has 0 spiro atoms. The van der Waals surface area contributed by atoms with Crippen molar-refractivity contribution in [2.45, 2.75) is 45.8 Å². The van der Waals surface area contributed by atoms with Crippen molar-refractivity contribution >= 4 is 0 Å². The van der Waals surface area contributed by atoms with Crippen molar-refractivity contribution in [1.29, 1.82) is 0 Å². The van der Waals surface area contributed by atoms with Gasteiger partial charge in [-0.05, 0) is 5.41 Å². The number of aliphatic hydroxyl groups excluding tert-OH is 2. The van der Waals surface area contributed by atoms with Crippen LogP contribution in [-0.4, -0.2) is 28.8 Å². The molecule has 0 heterocycles. The van der Waals surface area contributed by atoms with E-state index in [2.05, 4.69) is 0 Å². The molecule has 0 aromatic heterocycles. The Bertz CT molecular complexity index is 132. The van der Waals surface area contributed by atoms with Crippen LogP contribution in [0.2, 0.25) is 0 Å². The van der Waals surface area contributed by atoms with E-state index in [1.807, 2.05) is 0 Å². The predicted octanol–water partition coefficient (Wildman–Crippen LogP) is 1.41. The van der Waals surface area contributed by atoms with Crippen molar-refractivity contribution in [2.24, 2.45) is 5.41 Å². The van der Waals surface area contributed by atoms with E-state index in [1.54, 1.807) is 20.8 Å². The third kappa shape index (κ3) is 3.97. The third-order valence-electron chi connectivity index (χ3n) is 1.76. The average molecular weight is 182 g/mol. The highest BCUT2D eigenvalue weighted by Crippen LogP contribution is 2.23. The van der Waals surface area contributed by atoms with Gasteiger partial charge in [-0.25, -0.2) is 8.78 Å². The normalized spacial score (nSPS) is 18.0. The van der Waals surface area contributed by atoms with Crippen LogP contribution in [0.4, 0.5) is 8.78 Å². The van der Waals surface area contributed by atoms with Gasteiger partial charge in [0.1, 0.15) is 6.10 Å². The van der Waals surface area contributed by atoms with Gasteiger partial charge in [-0.15, -0.1) is 0 Å². The molecule has 0 bridgehead atoms. The number of hydrogen-bond donors (Lipinski definition) is 2. The summed E-state index contributed by atoms with van der Waals surface area (Å²) in [5.41, 5.74) is -0.462. The predicted molar refractivity (Wildman–Crippen MR) is 42.1 cm³/mol. The molecule has 0 saturated heterocycles. The second kappa shape index (κ2) is 4.14. The maximum atomic E-state index is 11.8. The van der Waals surface area contributed by atoms with Crippen molar-refractivity contribution in [3.05, 3.63) is 0 Å². The molecule has 12 heavy (non-hydrogen) atoms. The van der Waals surface area contributed by atoms with Gasteiger partial charge in [-0.2, -0.15) is 0 Å². The minimum Gasteiger partial charge on any atom is -0.392 e. The quantitative estimate of drug-likeness (QED) is 0.692. The summed E-state index contributed by atoms with van der Waals surface area (Å²) in [6, 6.07) is 0. The smallest absolute Gasteiger partial charge is 0.264 e. The molecule has 0 rings (SSSR count). The van der Waals surface area contributed by atoms with E-state index in [0.29, 0.717) is 0 Å². The molecule has 0 aliphatic heterocycles. The highest BCUT2D eigenvalue weighted by molar-refractivity contribution is 4.76. The summed E-state index contributed by atoms with van der Waals surface area (Å²) in [7, 11) is 0. The second-order valence-electron chi connectivity index (χ2n) is 4.02. The Kier molecular flexibility index (Phi) is 4.06. The fourth-order valence-corrected chi connectivity index (χ4v) is 0.685. The molecule has 2 atom stereocenters. The standard InChI is InChI=1S/C8H16F2O2/c1-8(2,3)6(12)4-5(11)7(9)10/h5-7,11-12H,4H2,1-3H3. The second-order valence-corrected chi connectivity index (χ2v) is 4.02. The maximum absolute atomic E-state index is 11.8. The molecule has 0 aromatic rings. The zero-order valence-corrected chi connectivity index (χ0v) is 7.59. The lowest BCUT2D eigenvalue weighted by molar-refractivity contribution is -0.0524. The van der Waals surface area contributed by atoms with E-state index in [9.17, 15) is 13.9 Å². The van der Waals surface area contributed by atoms with Gasteiger partial charge >= 0.3 is 0 Å². The van der Waals surface area contributed by atoms with Crippen LogP contribution in [0.15, 0.2) is 0 Å². The van der Waals surface area contributed by atoms with E-state index in [1.165, 1.54) is 0 Å². The number of aliphatic hydroxyl groups is 2. The van der Waals surface area contributed by atoms with Crippen LogP contribution in [0, 0.1) is 5.41 Å². The first-order valence-corrected chi connectivity index (χ1v) is 3.89. The molecular formula is C8H16F2O2. The molecule has 4 heteroatoms. The molecule has 2 unspecified atom stereocenters. The summed E-state index contributed by atoms with van der Waals surface area (Å²) in [5, 5.41) is 18.1. The molecule has 74 valence electrons. The fourth-order valence-electron chi connectivity index (χ4n) is 0.685. The Balaban J connectivity index is 3.93. The topological polar surface area (TPSA) is 40.5 Å². The summed E-state index contributed by atoms with van der Waals surface area (Å²) in [4.78, 5) is 0. The van der Waals surface area contributed by atoms with Crippen LogP contribution >= 0.6 is 0 Å². The molecule has 0 aromatic carbocycles. The van der Waals surface area contributed by atoms with Crippen LogP contribution < -0.4 is 0 Å². The highest BCUT2D eigenvalue weighted by Gasteiger charge is 2.28. The van der Waals surface area contributed by atoms with Crippen molar-refractivity contribution in [3.63, 3.8) is 0 Å². The van der Waals surface area contributed by atoms with Crippen molar-refractivity contribution in [1.82, 2.24) is 0 Å². The zero-order valence-electron chi connectivity index (χ0n) is 7.59. The average Bonchev–Trinajstić information content (AvgIpc) is 1.85. The molecular weight excluding hydrogens is 166 g/mol. The van der Waals surface area contributed by atoms with Crippen molar-refractivity contribution in [3.8, 4) is 0 Å². The lowest BCUT2D eigenvalue weighted by atomic mass is 9.86. The largest absolute Gasteiger partial charge is 0.392 e. The minimum atomic E-state index is -2.78. The zero-order chi connectivity index (χ0) is 9.94. The van der Waals surface area contributed by atoms with Crippen LogP contribution in [-0.2, 0) is 0 Å². The Morgan fingerprint density at radius 3 is 1.83 bits per heavy atom. The lowest BCUT2D eigenvalue weighted by Gasteiger charge is -2.27. The van der Waals surface area contributed by atoms with Gasteiger partial charge in [0.15, 0.2) is 0 Å². The van der Waals surface area contributed by atoms with Crippen molar-refractivity contribution in [2.75, 3.05) is 0 Å². The number of alkyl halides is 2. The molecule has 2 nitrogen and oxygen atoms in total. The van der Waals surface area contributed by atoms with Crippen LogP contribution in [0.5, 0.6) is 0 Å². The van der Waals surface area contributed by atoms with Crippen molar-refractivity contribution < 1.29 is 19.0 Å². The highest BCUT2D eigenvalue weighted by atomic mass is 19.3. The first-order chi connectivity index (χ1) is 5.25. The Labute approximate surface area is 71.2 Å². The molecule has 0 radical (unpaired) electrons. The Morgan fingerprint density at radius 2 is 1.58 bits per heavy atom. The Morgan fingerprint density at radius 1 is 1.17 bits per heavy atom. The Hall–Kier alpha value is -0.220. The molecule has 0 saturated carbocycles. The summed E-state index contributed by atoms with van der Waals surface area (Å²) >= 11 is 0. The van der Waals surface area contributed by atoms with E-state index < -0.39 is 24.0 Å². The van der Waals surface area contributed by atoms with Crippen LogP contribution in [0.25, 0.3) is 0 Å². The van der Waals surface area contributed by atoms with E-state index in [-0.39, 0.29) is 6.42 Å². The summed E-state index contributed by atoms with van der Waals surface area (Å²) in [6.07, 6.45) is -5.68. The number of hydrogen-bond acceptors (Lipinski definition) is 2. The van der Waals surface area contributed by atoms with Gasteiger partial charge in [0, 0.05) is 6.42 Å². The molecule has 0 aliphatic rings. The van der Waals surface area contributed by atoms with E-state index in [4.69, 9.17) is 5.11 Å². The first-order valence-electron chi connectivity index (χ1n) is 3.89. The van der Waals surface area contributed by atoms with Crippen LogP contribution in [0.1, 0.15) is 27.2 Å². The van der Waals surface area contributed by atoms with Gasteiger partial charge < -0.3 is 10.2 Å². The summed E-state index contributed by atoms with van der Waals surface area (Å²) in [5.74, 6) is 0. The molecule has 0 fully saturated rings. The third-order valence-corrected chi connectivity index (χ3v) is 1.76. The van der Waals surface area contributed by atoms with Gasteiger partial charge in [0.2, 0.25) is 0 Å². The lowest BCUT2D eigenvalue weighted by Crippen LogP contribution is -2.32. The first kappa shape index (κ1) is 11.8. The van der Waals surface area contributed by atoms with Crippen LogP contribution in [0.3, 0.4) is 0 Å². The monoisotopic (exact) mass is 182 g/mol. The number of rotatable bonds is 3. The summed E-state index contributed by atoms with van der Waals surface area (Å²) < 4.78 is 23.6. The maximum Gasteiger partial charge on any atom is 0.264 e. The SMILES string of the molecule is CC(C)(C)C(O)CC(O)C(F)F. The summed E-state index contributed by atoms with van der Waals surface area (Å²) in [6.45, 7) is 5.20. The molecule has 0 amide bonds. The van der Waals surface area contributed by atoms with Gasteiger partial charge in [-0.1, -0.05) is 20.8 Å². The molecule has 0 aliphatic carbocycles. The molecule has 2 N–H and O–H groups in total. The van der Waals surface area contributed by atoms with Gasteiger partial charge in [0.25, 0.3) is 6.43 Å². The van der Waals surface area contributed by atoms with E-state index in [0.717, 1.165) is 0 Å². The number of halogens is 2. The minimum absolute atomic E-state index is 0.277. The van der Waals surface area contributed by atoms with Gasteiger partial charge in [0.05, 0.1) is 6.10 Å². The van der Waals surface area contributed by atoms with E-state index >= 15 is 0 Å². The fraction of sp³-hybridized carbons (Fsp3) is 1.00. The van der Waals surface area contributed by atoms with Gasteiger partial charge in [-0.3, -0.25) is 0 Å².